The average Bonchev–Trinajstić information content (AvgIpc) is 2.52. The standard InChI is InChI=1S/C16H22N2O2S/c17-12-6-10-15-9-4-5-11-16(15)21(19,20)18-13-14-7-2-1-3-8-14/h4-5,9,11,14,18H,1-3,7-8,12-13,17H2. The zero-order chi connectivity index (χ0) is 15.1. The monoisotopic (exact) mass is 306 g/mol. The predicted molar refractivity (Wildman–Crippen MR) is 84.1 cm³/mol. The van der Waals surface area contributed by atoms with Crippen LogP contribution in [0.4, 0.5) is 0 Å². The van der Waals surface area contributed by atoms with E-state index >= 15 is 0 Å². The summed E-state index contributed by atoms with van der Waals surface area (Å²) in [6.07, 6.45) is 5.88. The number of benzene rings is 1. The number of sulfonamides is 1. The third kappa shape index (κ3) is 4.57. The quantitative estimate of drug-likeness (QED) is 0.834. The van der Waals surface area contributed by atoms with Crippen LogP contribution < -0.4 is 10.5 Å². The Bertz CT molecular complexity index is 623. The second-order valence-electron chi connectivity index (χ2n) is 5.36. The number of nitrogens with one attached hydrogen (secondary N) is 1. The van der Waals surface area contributed by atoms with E-state index in [1.54, 1.807) is 24.3 Å². The van der Waals surface area contributed by atoms with E-state index in [9.17, 15) is 8.42 Å². The zero-order valence-corrected chi connectivity index (χ0v) is 13.0. The molecule has 1 aromatic rings. The molecule has 0 unspecified atom stereocenters. The molecule has 0 bridgehead atoms. The highest BCUT2D eigenvalue weighted by molar-refractivity contribution is 7.89. The lowest BCUT2D eigenvalue weighted by Crippen LogP contribution is -2.30. The third-order valence-corrected chi connectivity index (χ3v) is 5.27. The average molecular weight is 306 g/mol. The van der Waals surface area contributed by atoms with E-state index in [-0.39, 0.29) is 11.4 Å². The Morgan fingerprint density at radius 3 is 2.62 bits per heavy atom. The molecule has 4 nitrogen and oxygen atoms in total. The van der Waals surface area contributed by atoms with Gasteiger partial charge in [0.05, 0.1) is 11.4 Å². The van der Waals surface area contributed by atoms with Gasteiger partial charge in [0.25, 0.3) is 0 Å². The SMILES string of the molecule is NCC#Cc1ccccc1S(=O)(=O)NCC1CCCCC1. The maximum atomic E-state index is 12.4. The summed E-state index contributed by atoms with van der Waals surface area (Å²) < 4.78 is 27.6. The van der Waals surface area contributed by atoms with Crippen molar-refractivity contribution in [3.8, 4) is 11.8 Å². The summed E-state index contributed by atoms with van der Waals surface area (Å²) >= 11 is 0. The molecule has 3 N–H and O–H groups in total. The molecule has 0 radical (unpaired) electrons. The van der Waals surface area contributed by atoms with Crippen LogP contribution in [0.25, 0.3) is 0 Å². The predicted octanol–water partition coefficient (Wildman–Crippen LogP) is 1.86. The van der Waals surface area contributed by atoms with Crippen molar-refractivity contribution in [1.82, 2.24) is 4.72 Å². The highest BCUT2D eigenvalue weighted by Crippen LogP contribution is 2.23. The van der Waals surface area contributed by atoms with Crippen LogP contribution in [0.2, 0.25) is 0 Å². The second kappa shape index (κ2) is 7.60. The summed E-state index contributed by atoms with van der Waals surface area (Å²) in [5.41, 5.74) is 5.85. The first kappa shape index (κ1) is 16.0. The van der Waals surface area contributed by atoms with Gasteiger partial charge in [-0.2, -0.15) is 0 Å². The molecule has 0 aromatic heterocycles. The van der Waals surface area contributed by atoms with Crippen LogP contribution in [-0.2, 0) is 10.0 Å². The van der Waals surface area contributed by atoms with Crippen molar-refractivity contribution in [2.24, 2.45) is 11.7 Å². The second-order valence-corrected chi connectivity index (χ2v) is 7.09. The highest BCUT2D eigenvalue weighted by atomic mass is 32.2. The van der Waals surface area contributed by atoms with Crippen LogP contribution in [0.5, 0.6) is 0 Å². The molecule has 1 aliphatic carbocycles. The molecule has 2 rings (SSSR count). The molecule has 1 aliphatic rings. The maximum absolute atomic E-state index is 12.4. The summed E-state index contributed by atoms with van der Waals surface area (Å²) in [6, 6.07) is 6.78. The molecule has 0 atom stereocenters. The Morgan fingerprint density at radius 1 is 1.19 bits per heavy atom. The summed E-state index contributed by atoms with van der Waals surface area (Å²) in [5, 5.41) is 0. The van der Waals surface area contributed by atoms with Gasteiger partial charge in [0.15, 0.2) is 0 Å². The van der Waals surface area contributed by atoms with Gasteiger partial charge in [-0.25, -0.2) is 13.1 Å². The lowest BCUT2D eigenvalue weighted by Gasteiger charge is -2.21. The van der Waals surface area contributed by atoms with Gasteiger partial charge in [-0.3, -0.25) is 0 Å². The molecule has 0 spiro atoms. The number of hydrogen-bond acceptors (Lipinski definition) is 3. The van der Waals surface area contributed by atoms with Gasteiger partial charge in [0, 0.05) is 12.1 Å². The van der Waals surface area contributed by atoms with Crippen LogP contribution in [-0.4, -0.2) is 21.5 Å². The van der Waals surface area contributed by atoms with Gasteiger partial charge in [-0.1, -0.05) is 43.2 Å². The minimum Gasteiger partial charge on any atom is -0.320 e. The number of nitrogens with two attached hydrogens (primary N) is 1. The van der Waals surface area contributed by atoms with Crippen LogP contribution in [0.3, 0.4) is 0 Å². The van der Waals surface area contributed by atoms with Gasteiger partial charge < -0.3 is 5.73 Å². The Kier molecular flexibility index (Phi) is 5.80. The molecular weight excluding hydrogens is 284 g/mol. The van der Waals surface area contributed by atoms with Crippen LogP contribution in [0.15, 0.2) is 29.2 Å². The van der Waals surface area contributed by atoms with Crippen molar-refractivity contribution >= 4 is 10.0 Å². The highest BCUT2D eigenvalue weighted by Gasteiger charge is 2.20. The zero-order valence-electron chi connectivity index (χ0n) is 12.1. The fraction of sp³-hybridized carbons (Fsp3) is 0.500. The van der Waals surface area contributed by atoms with E-state index in [1.165, 1.54) is 19.3 Å². The van der Waals surface area contributed by atoms with Crippen molar-refractivity contribution < 1.29 is 8.42 Å². The third-order valence-electron chi connectivity index (χ3n) is 3.79. The molecule has 21 heavy (non-hydrogen) atoms. The van der Waals surface area contributed by atoms with E-state index in [0.29, 0.717) is 18.0 Å². The van der Waals surface area contributed by atoms with Crippen LogP contribution >= 0.6 is 0 Å². The largest absolute Gasteiger partial charge is 0.320 e. The van der Waals surface area contributed by atoms with Crippen molar-refractivity contribution in [2.75, 3.05) is 13.1 Å². The molecule has 0 heterocycles. The minimum atomic E-state index is -3.51. The Morgan fingerprint density at radius 2 is 1.90 bits per heavy atom. The van der Waals surface area contributed by atoms with Crippen molar-refractivity contribution in [1.29, 1.82) is 0 Å². The van der Waals surface area contributed by atoms with E-state index < -0.39 is 10.0 Å². The smallest absolute Gasteiger partial charge is 0.241 e. The van der Waals surface area contributed by atoms with Gasteiger partial charge in [-0.05, 0) is 30.9 Å². The fourth-order valence-electron chi connectivity index (χ4n) is 2.65. The van der Waals surface area contributed by atoms with Crippen molar-refractivity contribution in [3.63, 3.8) is 0 Å². The Balaban J connectivity index is 2.11. The van der Waals surface area contributed by atoms with Gasteiger partial charge >= 0.3 is 0 Å². The van der Waals surface area contributed by atoms with Gasteiger partial charge in [-0.15, -0.1) is 0 Å². The molecule has 114 valence electrons. The molecule has 0 aliphatic heterocycles. The lowest BCUT2D eigenvalue weighted by molar-refractivity contribution is 0.357. The first-order chi connectivity index (χ1) is 10.1. The summed E-state index contributed by atoms with van der Waals surface area (Å²) in [6.45, 7) is 0.727. The molecule has 0 amide bonds. The first-order valence-corrected chi connectivity index (χ1v) is 8.89. The van der Waals surface area contributed by atoms with E-state index in [4.69, 9.17) is 5.73 Å². The van der Waals surface area contributed by atoms with E-state index in [0.717, 1.165) is 12.8 Å². The molecule has 1 saturated carbocycles. The van der Waals surface area contributed by atoms with Crippen molar-refractivity contribution in [2.45, 2.75) is 37.0 Å². The van der Waals surface area contributed by atoms with Gasteiger partial charge in [0.1, 0.15) is 0 Å². The molecule has 5 heteroatoms. The normalized spacial score (nSPS) is 16.2. The molecule has 1 fully saturated rings. The number of hydrogen-bond donors (Lipinski definition) is 2. The maximum Gasteiger partial charge on any atom is 0.241 e. The molecule has 1 aromatic carbocycles. The summed E-state index contributed by atoms with van der Waals surface area (Å²) in [4.78, 5) is 0.238. The van der Waals surface area contributed by atoms with Crippen molar-refractivity contribution in [3.05, 3.63) is 29.8 Å². The first-order valence-electron chi connectivity index (χ1n) is 7.41. The molecular formula is C16H22N2O2S. The fourth-order valence-corrected chi connectivity index (χ4v) is 3.92. The van der Waals surface area contributed by atoms with E-state index in [2.05, 4.69) is 16.6 Å². The number of rotatable bonds is 4. The van der Waals surface area contributed by atoms with E-state index in [1.807, 2.05) is 0 Å². The Hall–Kier alpha value is -1.35. The molecule has 0 saturated heterocycles. The Labute approximate surface area is 127 Å². The van der Waals surface area contributed by atoms with Crippen LogP contribution in [0.1, 0.15) is 37.7 Å². The minimum absolute atomic E-state index is 0.212. The van der Waals surface area contributed by atoms with Crippen LogP contribution in [0, 0.1) is 17.8 Å². The summed E-state index contributed by atoms with van der Waals surface area (Å²) in [7, 11) is -3.51. The summed E-state index contributed by atoms with van der Waals surface area (Å²) in [5.74, 6) is 5.99. The lowest BCUT2D eigenvalue weighted by atomic mass is 9.90. The topological polar surface area (TPSA) is 72.2 Å². The van der Waals surface area contributed by atoms with Gasteiger partial charge in [0.2, 0.25) is 10.0 Å².